The SMILES string of the molecule is CNC(c1cnccc1N)c1ccccc1Cl. The molecule has 0 aliphatic rings. The maximum absolute atomic E-state index is 6.20. The average Bonchev–Trinajstić information content (AvgIpc) is 2.34. The molecule has 1 aromatic carbocycles. The molecule has 0 fully saturated rings. The molecule has 0 bridgehead atoms. The van der Waals surface area contributed by atoms with Crippen LogP contribution in [0.2, 0.25) is 5.02 Å². The molecule has 0 aliphatic heterocycles. The molecule has 4 heteroatoms. The Morgan fingerprint density at radius 2 is 2.00 bits per heavy atom. The number of nitrogens with one attached hydrogen (secondary N) is 1. The second-order valence-corrected chi connectivity index (χ2v) is 4.15. The molecular formula is C13H14ClN3. The van der Waals surface area contributed by atoms with Gasteiger partial charge in [0.2, 0.25) is 0 Å². The molecule has 3 nitrogen and oxygen atoms in total. The first-order valence-electron chi connectivity index (χ1n) is 5.35. The number of anilines is 1. The number of aromatic nitrogens is 1. The molecule has 88 valence electrons. The lowest BCUT2D eigenvalue weighted by Crippen LogP contribution is -2.19. The zero-order chi connectivity index (χ0) is 12.3. The fourth-order valence-electron chi connectivity index (χ4n) is 1.85. The summed E-state index contributed by atoms with van der Waals surface area (Å²) in [4.78, 5) is 4.11. The number of hydrogen-bond acceptors (Lipinski definition) is 3. The van der Waals surface area contributed by atoms with Crippen molar-refractivity contribution in [3.63, 3.8) is 0 Å². The van der Waals surface area contributed by atoms with Gasteiger partial charge in [-0.25, -0.2) is 0 Å². The van der Waals surface area contributed by atoms with Gasteiger partial charge in [-0.1, -0.05) is 29.8 Å². The maximum atomic E-state index is 6.20. The van der Waals surface area contributed by atoms with E-state index in [-0.39, 0.29) is 6.04 Å². The van der Waals surface area contributed by atoms with E-state index in [1.165, 1.54) is 0 Å². The Balaban J connectivity index is 2.48. The molecule has 1 unspecified atom stereocenters. The second kappa shape index (κ2) is 5.17. The van der Waals surface area contributed by atoms with Crippen LogP contribution in [0.1, 0.15) is 17.2 Å². The fourth-order valence-corrected chi connectivity index (χ4v) is 2.09. The van der Waals surface area contributed by atoms with Gasteiger partial charge in [0.25, 0.3) is 0 Å². The Labute approximate surface area is 106 Å². The summed E-state index contributed by atoms with van der Waals surface area (Å²) in [7, 11) is 1.88. The van der Waals surface area contributed by atoms with Gasteiger partial charge in [0.15, 0.2) is 0 Å². The first-order valence-corrected chi connectivity index (χ1v) is 5.73. The van der Waals surface area contributed by atoms with Crippen molar-refractivity contribution in [2.75, 3.05) is 12.8 Å². The molecule has 0 radical (unpaired) electrons. The van der Waals surface area contributed by atoms with Crippen LogP contribution in [0, 0.1) is 0 Å². The summed E-state index contributed by atoms with van der Waals surface area (Å²) >= 11 is 6.20. The monoisotopic (exact) mass is 247 g/mol. The minimum absolute atomic E-state index is 0.0441. The normalized spacial score (nSPS) is 12.4. The van der Waals surface area contributed by atoms with Gasteiger partial charge in [-0.2, -0.15) is 0 Å². The lowest BCUT2D eigenvalue weighted by atomic mass is 9.99. The summed E-state index contributed by atoms with van der Waals surface area (Å²) in [6.07, 6.45) is 3.44. The lowest BCUT2D eigenvalue weighted by Gasteiger charge is -2.19. The van der Waals surface area contributed by atoms with Gasteiger partial charge in [0, 0.05) is 28.7 Å². The van der Waals surface area contributed by atoms with Crippen LogP contribution in [-0.4, -0.2) is 12.0 Å². The van der Waals surface area contributed by atoms with E-state index in [1.807, 2.05) is 31.3 Å². The third-order valence-corrected chi connectivity index (χ3v) is 3.05. The van der Waals surface area contributed by atoms with Crippen molar-refractivity contribution >= 4 is 17.3 Å². The van der Waals surface area contributed by atoms with Crippen LogP contribution >= 0.6 is 11.6 Å². The smallest absolute Gasteiger partial charge is 0.0624 e. The highest BCUT2D eigenvalue weighted by molar-refractivity contribution is 6.31. The Kier molecular flexibility index (Phi) is 3.61. The third-order valence-electron chi connectivity index (χ3n) is 2.70. The van der Waals surface area contributed by atoms with Crippen LogP contribution in [0.15, 0.2) is 42.7 Å². The van der Waals surface area contributed by atoms with Crippen molar-refractivity contribution in [2.24, 2.45) is 0 Å². The van der Waals surface area contributed by atoms with Gasteiger partial charge in [-0.3, -0.25) is 4.98 Å². The highest BCUT2D eigenvalue weighted by atomic mass is 35.5. The number of nitrogen functional groups attached to an aromatic ring is 1. The van der Waals surface area contributed by atoms with Gasteiger partial charge in [0.05, 0.1) is 6.04 Å². The molecule has 2 rings (SSSR count). The number of benzene rings is 1. The largest absolute Gasteiger partial charge is 0.398 e. The topological polar surface area (TPSA) is 50.9 Å². The molecule has 1 heterocycles. The third kappa shape index (κ3) is 2.40. The molecule has 17 heavy (non-hydrogen) atoms. The molecule has 0 amide bonds. The van der Waals surface area contributed by atoms with E-state index in [9.17, 15) is 0 Å². The lowest BCUT2D eigenvalue weighted by molar-refractivity contribution is 0.691. The molecule has 0 spiro atoms. The van der Waals surface area contributed by atoms with Gasteiger partial charge in [-0.15, -0.1) is 0 Å². The maximum Gasteiger partial charge on any atom is 0.0624 e. The first kappa shape index (κ1) is 11.9. The van der Waals surface area contributed by atoms with E-state index >= 15 is 0 Å². The van der Waals surface area contributed by atoms with E-state index in [0.29, 0.717) is 5.69 Å². The minimum Gasteiger partial charge on any atom is -0.398 e. The number of nitrogens with two attached hydrogens (primary N) is 1. The van der Waals surface area contributed by atoms with E-state index < -0.39 is 0 Å². The average molecular weight is 248 g/mol. The van der Waals surface area contributed by atoms with Crippen molar-refractivity contribution in [1.29, 1.82) is 0 Å². The van der Waals surface area contributed by atoms with Crippen LogP contribution in [0.3, 0.4) is 0 Å². The molecule has 3 N–H and O–H groups in total. The van der Waals surface area contributed by atoms with Gasteiger partial charge in [0.1, 0.15) is 0 Å². The molecular weight excluding hydrogens is 234 g/mol. The van der Waals surface area contributed by atoms with Crippen LogP contribution in [0.4, 0.5) is 5.69 Å². The highest BCUT2D eigenvalue weighted by Gasteiger charge is 2.16. The number of pyridine rings is 1. The van der Waals surface area contributed by atoms with Gasteiger partial charge in [-0.05, 0) is 24.7 Å². The van der Waals surface area contributed by atoms with E-state index in [1.54, 1.807) is 18.5 Å². The summed E-state index contributed by atoms with van der Waals surface area (Å²) in [5, 5.41) is 3.93. The van der Waals surface area contributed by atoms with E-state index in [2.05, 4.69) is 10.3 Å². The molecule has 1 atom stereocenters. The standard InChI is InChI=1S/C13H14ClN3/c1-16-13(9-4-2-3-5-11(9)14)10-8-17-7-6-12(10)15/h2-8,13,16H,1H3,(H2,15,17). The van der Waals surface area contributed by atoms with Crippen molar-refractivity contribution in [3.8, 4) is 0 Å². The van der Waals surface area contributed by atoms with Crippen LogP contribution in [0.5, 0.6) is 0 Å². The van der Waals surface area contributed by atoms with Gasteiger partial charge < -0.3 is 11.1 Å². The molecule has 0 saturated carbocycles. The molecule has 0 aliphatic carbocycles. The Morgan fingerprint density at radius 3 is 2.65 bits per heavy atom. The Bertz CT molecular complexity index is 468. The van der Waals surface area contributed by atoms with Crippen LogP contribution in [0.25, 0.3) is 0 Å². The summed E-state index contributed by atoms with van der Waals surface area (Å²) in [5.74, 6) is 0. The quantitative estimate of drug-likeness (QED) is 0.877. The summed E-state index contributed by atoms with van der Waals surface area (Å²) in [6.45, 7) is 0. The first-order chi connectivity index (χ1) is 8.24. The second-order valence-electron chi connectivity index (χ2n) is 3.75. The predicted octanol–water partition coefficient (Wildman–Crippen LogP) is 2.63. The summed E-state index contributed by atoms with van der Waals surface area (Å²) in [5.41, 5.74) is 8.60. The fraction of sp³-hybridized carbons (Fsp3) is 0.154. The zero-order valence-corrected chi connectivity index (χ0v) is 10.3. The van der Waals surface area contributed by atoms with Crippen LogP contribution in [-0.2, 0) is 0 Å². The molecule has 1 aromatic heterocycles. The van der Waals surface area contributed by atoms with Crippen molar-refractivity contribution in [3.05, 3.63) is 58.9 Å². The van der Waals surface area contributed by atoms with Crippen molar-refractivity contribution in [1.82, 2.24) is 10.3 Å². The van der Waals surface area contributed by atoms with Crippen molar-refractivity contribution in [2.45, 2.75) is 6.04 Å². The summed E-state index contributed by atoms with van der Waals surface area (Å²) in [6, 6.07) is 9.46. The molecule has 0 saturated heterocycles. The zero-order valence-electron chi connectivity index (χ0n) is 9.52. The van der Waals surface area contributed by atoms with E-state index in [4.69, 9.17) is 17.3 Å². The van der Waals surface area contributed by atoms with Crippen LogP contribution < -0.4 is 11.1 Å². The van der Waals surface area contributed by atoms with Gasteiger partial charge >= 0.3 is 0 Å². The number of nitrogens with zero attached hydrogens (tertiary/aromatic N) is 1. The minimum atomic E-state index is -0.0441. The number of halogens is 1. The molecule has 2 aromatic rings. The highest BCUT2D eigenvalue weighted by Crippen LogP contribution is 2.30. The number of rotatable bonds is 3. The predicted molar refractivity (Wildman–Crippen MR) is 71.0 cm³/mol. The Hall–Kier alpha value is -1.58. The van der Waals surface area contributed by atoms with Crippen molar-refractivity contribution < 1.29 is 0 Å². The summed E-state index contributed by atoms with van der Waals surface area (Å²) < 4.78 is 0. The Morgan fingerprint density at radius 1 is 1.24 bits per heavy atom. The number of hydrogen-bond donors (Lipinski definition) is 2. The van der Waals surface area contributed by atoms with E-state index in [0.717, 1.165) is 16.1 Å².